The molecule has 1 unspecified atom stereocenters. The van der Waals surface area contributed by atoms with E-state index in [1.165, 1.54) is 12.0 Å². The van der Waals surface area contributed by atoms with Crippen molar-refractivity contribution in [1.82, 2.24) is 0 Å². The number of ether oxygens (including phenoxy) is 1. The maximum absolute atomic E-state index is 13.1. The summed E-state index contributed by atoms with van der Waals surface area (Å²) >= 11 is 6.81. The van der Waals surface area contributed by atoms with Crippen LogP contribution < -0.4 is 9.64 Å². The predicted octanol–water partition coefficient (Wildman–Crippen LogP) is 3.91. The Bertz CT molecular complexity index is 807. The second-order valence-corrected chi connectivity index (χ2v) is 7.27. The molecule has 0 bridgehead atoms. The first-order valence-corrected chi connectivity index (χ1v) is 8.44. The van der Waals surface area contributed by atoms with Crippen molar-refractivity contribution < 1.29 is 14.3 Å². The summed E-state index contributed by atoms with van der Waals surface area (Å²) in [6.07, 6.45) is 0. The molecule has 0 N–H and O–H groups in total. The lowest BCUT2D eigenvalue weighted by molar-refractivity contribution is -0.119. The summed E-state index contributed by atoms with van der Waals surface area (Å²) in [5, 5.41) is 0. The Labute approximate surface area is 150 Å². The van der Waals surface area contributed by atoms with Gasteiger partial charge in [0.1, 0.15) is 5.75 Å². The topological polar surface area (TPSA) is 46.6 Å². The van der Waals surface area contributed by atoms with E-state index in [0.717, 1.165) is 0 Å². The van der Waals surface area contributed by atoms with Crippen LogP contribution >= 0.6 is 31.9 Å². The van der Waals surface area contributed by atoms with Crippen LogP contribution in [0.15, 0.2) is 46.9 Å². The molecule has 0 saturated heterocycles. The van der Waals surface area contributed by atoms with Crippen LogP contribution in [0.1, 0.15) is 15.9 Å². The van der Waals surface area contributed by atoms with Gasteiger partial charge in [0, 0.05) is 18.7 Å². The van der Waals surface area contributed by atoms with Crippen LogP contribution in [0.3, 0.4) is 0 Å². The number of hydrogen-bond donors (Lipinski definition) is 0. The fourth-order valence-corrected chi connectivity index (χ4v) is 3.95. The van der Waals surface area contributed by atoms with Crippen LogP contribution in [0.5, 0.6) is 5.75 Å². The summed E-state index contributed by atoms with van der Waals surface area (Å²) in [5.74, 6) is -0.0475. The van der Waals surface area contributed by atoms with Gasteiger partial charge in [-0.05, 0) is 27.6 Å². The third kappa shape index (κ3) is 2.32. The lowest BCUT2D eigenvalue weighted by atomic mass is 9.85. The van der Waals surface area contributed by atoms with Gasteiger partial charge in [-0.25, -0.2) is 0 Å². The van der Waals surface area contributed by atoms with Crippen molar-refractivity contribution in [2.45, 2.75) is 4.32 Å². The lowest BCUT2D eigenvalue weighted by Gasteiger charge is -2.36. The van der Waals surface area contributed by atoms with Gasteiger partial charge >= 0.3 is 0 Å². The Kier molecular flexibility index (Phi) is 4.06. The summed E-state index contributed by atoms with van der Waals surface area (Å²) in [6.45, 7) is 0. The molecule has 0 fully saturated rings. The Balaban J connectivity index is 2.24. The van der Waals surface area contributed by atoms with Gasteiger partial charge in [0.05, 0.1) is 17.3 Å². The highest BCUT2D eigenvalue weighted by Crippen LogP contribution is 2.46. The monoisotopic (exact) mass is 437 g/mol. The molecule has 1 aliphatic rings. The standard InChI is InChI=1S/C17H13Br2NO3/c1-20-13-9-14(23-2)12(18)8-11(13)15(21)17(19,16(20)22)10-6-4-3-5-7-10/h3-9H,1-2H3. The fraction of sp³-hybridized carbons (Fsp3) is 0.176. The number of anilines is 1. The molecule has 23 heavy (non-hydrogen) atoms. The number of halogens is 2. The first-order chi connectivity index (χ1) is 10.9. The van der Waals surface area contributed by atoms with Crippen molar-refractivity contribution in [3.05, 3.63) is 58.1 Å². The highest BCUT2D eigenvalue weighted by atomic mass is 79.9. The number of alkyl halides is 1. The average molecular weight is 439 g/mol. The molecule has 0 saturated carbocycles. The molecule has 1 heterocycles. The Morgan fingerprint density at radius 2 is 1.78 bits per heavy atom. The van der Waals surface area contributed by atoms with Crippen molar-refractivity contribution in [2.24, 2.45) is 0 Å². The van der Waals surface area contributed by atoms with E-state index in [1.807, 2.05) is 6.07 Å². The molecule has 1 amide bonds. The summed E-state index contributed by atoms with van der Waals surface area (Å²) in [6, 6.07) is 12.4. The molecular formula is C17H13Br2NO3. The van der Waals surface area contributed by atoms with Gasteiger partial charge in [-0.1, -0.05) is 46.3 Å². The third-order valence-corrected chi connectivity index (χ3v) is 5.74. The molecule has 2 aromatic rings. The van der Waals surface area contributed by atoms with E-state index in [0.29, 0.717) is 27.0 Å². The minimum absolute atomic E-state index is 0.287. The number of likely N-dealkylation sites (N-methyl/N-ethyl adjacent to an activating group) is 1. The maximum Gasteiger partial charge on any atom is 0.256 e. The summed E-state index contributed by atoms with van der Waals surface area (Å²) < 4.78 is 4.51. The van der Waals surface area contributed by atoms with Gasteiger partial charge in [-0.15, -0.1) is 0 Å². The zero-order valence-corrected chi connectivity index (χ0v) is 15.6. The number of carbonyl (C=O) groups excluding carboxylic acids is 2. The van der Waals surface area contributed by atoms with E-state index in [9.17, 15) is 9.59 Å². The van der Waals surface area contributed by atoms with E-state index in [-0.39, 0.29) is 11.7 Å². The number of carbonyl (C=O) groups is 2. The predicted molar refractivity (Wildman–Crippen MR) is 95.5 cm³/mol. The number of methoxy groups -OCH3 is 1. The molecule has 0 aromatic heterocycles. The number of Topliss-reactive ketones (excluding diaryl/α,β-unsaturated/α-hetero) is 1. The highest BCUT2D eigenvalue weighted by molar-refractivity contribution is 9.10. The molecule has 0 spiro atoms. The van der Waals surface area contributed by atoms with Gasteiger partial charge in [-0.3, -0.25) is 9.59 Å². The summed E-state index contributed by atoms with van der Waals surface area (Å²) in [7, 11) is 3.19. The van der Waals surface area contributed by atoms with Crippen molar-refractivity contribution in [3.63, 3.8) is 0 Å². The summed E-state index contributed by atoms with van der Waals surface area (Å²) in [4.78, 5) is 27.5. The quantitative estimate of drug-likeness (QED) is 0.527. The number of hydrogen-bond acceptors (Lipinski definition) is 3. The Hall–Kier alpha value is -1.66. The molecule has 3 rings (SSSR count). The molecule has 0 radical (unpaired) electrons. The SMILES string of the molecule is COc1cc2c(cc1Br)C(=O)C(Br)(c1ccccc1)C(=O)N2C. The van der Waals surface area contributed by atoms with Crippen LogP contribution in [0.25, 0.3) is 0 Å². The highest BCUT2D eigenvalue weighted by Gasteiger charge is 2.51. The minimum atomic E-state index is -1.41. The van der Waals surface area contributed by atoms with Crippen LogP contribution in [-0.4, -0.2) is 25.8 Å². The maximum atomic E-state index is 13.1. The van der Waals surface area contributed by atoms with Gasteiger partial charge < -0.3 is 9.64 Å². The molecule has 2 aromatic carbocycles. The molecule has 4 nitrogen and oxygen atoms in total. The Morgan fingerprint density at radius 1 is 1.13 bits per heavy atom. The normalized spacial score (nSPS) is 20.4. The number of benzene rings is 2. The van der Waals surface area contributed by atoms with Crippen molar-refractivity contribution in [1.29, 1.82) is 0 Å². The zero-order valence-electron chi connectivity index (χ0n) is 12.5. The van der Waals surface area contributed by atoms with E-state index < -0.39 is 4.32 Å². The van der Waals surface area contributed by atoms with Gasteiger partial charge in [-0.2, -0.15) is 0 Å². The van der Waals surface area contributed by atoms with E-state index in [2.05, 4.69) is 31.9 Å². The molecular weight excluding hydrogens is 426 g/mol. The van der Waals surface area contributed by atoms with Gasteiger partial charge in [0.25, 0.3) is 5.91 Å². The number of fused-ring (bicyclic) bond motifs is 1. The third-order valence-electron chi connectivity index (χ3n) is 3.96. The largest absolute Gasteiger partial charge is 0.495 e. The first kappa shape index (κ1) is 16.2. The molecule has 0 aliphatic carbocycles. The molecule has 6 heteroatoms. The van der Waals surface area contributed by atoms with Crippen LogP contribution in [0.4, 0.5) is 5.69 Å². The smallest absolute Gasteiger partial charge is 0.256 e. The van der Waals surface area contributed by atoms with E-state index >= 15 is 0 Å². The van der Waals surface area contributed by atoms with Crippen LogP contribution in [0, 0.1) is 0 Å². The lowest BCUT2D eigenvalue weighted by Crippen LogP contribution is -2.51. The minimum Gasteiger partial charge on any atom is -0.495 e. The second kappa shape index (κ2) is 5.76. The van der Waals surface area contributed by atoms with Crippen molar-refractivity contribution in [2.75, 3.05) is 19.1 Å². The number of ketones is 1. The van der Waals surface area contributed by atoms with E-state index in [4.69, 9.17) is 4.74 Å². The molecule has 118 valence electrons. The number of amides is 1. The van der Waals surface area contributed by atoms with Gasteiger partial charge in [0.2, 0.25) is 0 Å². The van der Waals surface area contributed by atoms with Crippen LogP contribution in [-0.2, 0) is 9.12 Å². The number of nitrogens with zero attached hydrogens (tertiary/aromatic N) is 1. The van der Waals surface area contributed by atoms with E-state index in [1.54, 1.807) is 43.4 Å². The molecule has 1 aliphatic heterocycles. The van der Waals surface area contributed by atoms with Crippen molar-refractivity contribution in [3.8, 4) is 5.75 Å². The van der Waals surface area contributed by atoms with Crippen LogP contribution in [0.2, 0.25) is 0 Å². The van der Waals surface area contributed by atoms with Crippen molar-refractivity contribution >= 4 is 49.2 Å². The zero-order chi connectivity index (χ0) is 16.8. The average Bonchev–Trinajstić information content (AvgIpc) is 2.58. The molecule has 1 atom stereocenters. The van der Waals surface area contributed by atoms with Gasteiger partial charge in [0.15, 0.2) is 10.1 Å². The fourth-order valence-electron chi connectivity index (χ4n) is 2.70. The second-order valence-electron chi connectivity index (χ2n) is 5.22. The Morgan fingerprint density at radius 3 is 2.39 bits per heavy atom. The summed E-state index contributed by atoms with van der Waals surface area (Å²) in [5.41, 5.74) is 1.60. The number of rotatable bonds is 2. The first-order valence-electron chi connectivity index (χ1n) is 6.86.